The maximum absolute atomic E-state index is 13.0. The fourth-order valence-electron chi connectivity index (χ4n) is 1.89. The van der Waals surface area contributed by atoms with E-state index in [4.69, 9.17) is 13.5 Å². The molecule has 1 N–H and O–H groups in total. The third-order valence-corrected chi connectivity index (χ3v) is 4.95. The molecule has 0 aromatic carbocycles. The summed E-state index contributed by atoms with van der Waals surface area (Å²) in [5, 5.41) is 3.07. The van der Waals surface area contributed by atoms with Crippen LogP contribution in [0.1, 0.15) is 25.4 Å². The van der Waals surface area contributed by atoms with E-state index in [9.17, 15) is 4.57 Å². The van der Waals surface area contributed by atoms with E-state index in [0.29, 0.717) is 11.6 Å². The molecule has 0 aliphatic carbocycles. The second kappa shape index (κ2) is 7.41. The van der Waals surface area contributed by atoms with Crippen molar-refractivity contribution >= 4 is 13.4 Å². The summed E-state index contributed by atoms with van der Waals surface area (Å²) in [6, 6.07) is 8.87. The van der Waals surface area contributed by atoms with Gasteiger partial charge in [-0.2, -0.15) is 0 Å². The molecular formula is C14H19N2O4P. The number of nitrogens with zero attached hydrogens (tertiary/aromatic N) is 1. The van der Waals surface area contributed by atoms with Crippen molar-refractivity contribution < 1.29 is 18.0 Å². The van der Waals surface area contributed by atoms with Gasteiger partial charge in [-0.25, -0.2) is 4.98 Å². The van der Waals surface area contributed by atoms with E-state index in [-0.39, 0.29) is 13.2 Å². The van der Waals surface area contributed by atoms with Crippen LogP contribution in [0.4, 0.5) is 5.82 Å². The molecule has 0 saturated carbocycles. The number of nitrogens with one attached hydrogen (secondary N) is 1. The summed E-state index contributed by atoms with van der Waals surface area (Å²) in [5.74, 6) is 0.298. The van der Waals surface area contributed by atoms with Crippen LogP contribution >= 0.6 is 7.60 Å². The Hall–Kier alpha value is -1.62. The number of aromatic nitrogens is 1. The van der Waals surface area contributed by atoms with Crippen LogP contribution < -0.4 is 5.32 Å². The number of hydrogen-bond donors (Lipinski definition) is 1. The van der Waals surface area contributed by atoms with Gasteiger partial charge in [0.05, 0.1) is 19.5 Å². The van der Waals surface area contributed by atoms with Crippen molar-refractivity contribution in [3.63, 3.8) is 0 Å². The molecule has 2 heterocycles. The van der Waals surface area contributed by atoms with Gasteiger partial charge in [0.1, 0.15) is 11.6 Å². The van der Waals surface area contributed by atoms with E-state index in [1.165, 1.54) is 6.26 Å². The number of hydrogen-bond acceptors (Lipinski definition) is 6. The summed E-state index contributed by atoms with van der Waals surface area (Å²) >= 11 is 0. The van der Waals surface area contributed by atoms with Gasteiger partial charge in [0.15, 0.2) is 5.78 Å². The molecule has 114 valence electrons. The Morgan fingerprint density at radius 3 is 2.52 bits per heavy atom. The van der Waals surface area contributed by atoms with Crippen LogP contribution in [-0.2, 0) is 13.6 Å². The normalized spacial score (nSPS) is 13.0. The highest BCUT2D eigenvalue weighted by atomic mass is 31.2. The molecule has 21 heavy (non-hydrogen) atoms. The Bertz CT molecular complexity index is 564. The highest BCUT2D eigenvalue weighted by molar-refractivity contribution is 7.54. The Kier molecular flexibility index (Phi) is 5.56. The Morgan fingerprint density at radius 1 is 1.24 bits per heavy atom. The lowest BCUT2D eigenvalue weighted by Crippen LogP contribution is -2.15. The maximum atomic E-state index is 13.0. The molecule has 0 saturated heterocycles. The minimum atomic E-state index is -3.43. The molecule has 2 aromatic heterocycles. The van der Waals surface area contributed by atoms with E-state index in [2.05, 4.69) is 10.3 Å². The SMILES string of the molecule is CCOP(=O)(OCC)C(Nc1ccccn1)c1ccco1. The molecule has 6 nitrogen and oxygen atoms in total. The molecule has 0 radical (unpaired) electrons. The van der Waals surface area contributed by atoms with Gasteiger partial charge in [-0.15, -0.1) is 0 Å². The van der Waals surface area contributed by atoms with Crippen LogP contribution in [-0.4, -0.2) is 18.2 Å². The van der Waals surface area contributed by atoms with Crippen LogP contribution in [0, 0.1) is 0 Å². The molecule has 0 fully saturated rings. The Labute approximate surface area is 124 Å². The van der Waals surface area contributed by atoms with E-state index in [0.717, 1.165) is 0 Å². The fraction of sp³-hybridized carbons (Fsp3) is 0.357. The molecule has 2 aromatic rings. The summed E-state index contributed by atoms with van der Waals surface area (Å²) in [5.41, 5.74) is 0. The summed E-state index contributed by atoms with van der Waals surface area (Å²) in [6.07, 6.45) is 3.17. The van der Waals surface area contributed by atoms with Gasteiger partial charge in [0, 0.05) is 6.20 Å². The first kappa shape index (κ1) is 15.8. The van der Waals surface area contributed by atoms with Crippen molar-refractivity contribution in [2.75, 3.05) is 18.5 Å². The van der Waals surface area contributed by atoms with E-state index >= 15 is 0 Å². The molecule has 0 aliphatic heterocycles. The van der Waals surface area contributed by atoms with E-state index in [1.807, 2.05) is 6.07 Å². The van der Waals surface area contributed by atoms with Gasteiger partial charge in [-0.05, 0) is 38.1 Å². The highest BCUT2D eigenvalue weighted by Crippen LogP contribution is 2.60. The van der Waals surface area contributed by atoms with E-state index in [1.54, 1.807) is 44.3 Å². The van der Waals surface area contributed by atoms with Gasteiger partial charge in [0.2, 0.25) is 0 Å². The number of furan rings is 1. The van der Waals surface area contributed by atoms with Gasteiger partial charge in [0.25, 0.3) is 0 Å². The zero-order chi connectivity index (χ0) is 15.1. The zero-order valence-electron chi connectivity index (χ0n) is 12.1. The molecule has 2 rings (SSSR count). The lowest BCUT2D eigenvalue weighted by Gasteiger charge is -2.25. The van der Waals surface area contributed by atoms with Crippen molar-refractivity contribution in [3.05, 3.63) is 48.6 Å². The zero-order valence-corrected chi connectivity index (χ0v) is 13.0. The topological polar surface area (TPSA) is 73.6 Å². The summed E-state index contributed by atoms with van der Waals surface area (Å²) in [4.78, 5) is 4.18. The van der Waals surface area contributed by atoms with Crippen molar-refractivity contribution in [2.45, 2.75) is 19.6 Å². The summed E-state index contributed by atoms with van der Waals surface area (Å²) < 4.78 is 29.2. The number of anilines is 1. The monoisotopic (exact) mass is 310 g/mol. The van der Waals surface area contributed by atoms with Crippen LogP contribution in [0.5, 0.6) is 0 Å². The lowest BCUT2D eigenvalue weighted by molar-refractivity contribution is 0.211. The third kappa shape index (κ3) is 3.94. The first-order chi connectivity index (χ1) is 10.2. The summed E-state index contributed by atoms with van der Waals surface area (Å²) in [6.45, 7) is 4.09. The average Bonchev–Trinajstić information content (AvgIpc) is 3.00. The standard InChI is InChI=1S/C14H19N2O4P/c1-3-19-21(17,20-4-2)14(12-8-7-11-18-12)16-13-9-5-6-10-15-13/h5-11,14H,3-4H2,1-2H3,(H,15,16). The van der Waals surface area contributed by atoms with Crippen LogP contribution in [0.15, 0.2) is 47.2 Å². The second-order valence-electron chi connectivity index (χ2n) is 4.15. The lowest BCUT2D eigenvalue weighted by atomic mass is 10.4. The summed E-state index contributed by atoms with van der Waals surface area (Å²) in [7, 11) is -3.43. The van der Waals surface area contributed by atoms with Crippen LogP contribution in [0.2, 0.25) is 0 Å². The molecule has 7 heteroatoms. The molecule has 0 bridgehead atoms. The van der Waals surface area contributed by atoms with Gasteiger partial charge < -0.3 is 18.8 Å². The van der Waals surface area contributed by atoms with Crippen molar-refractivity contribution in [2.24, 2.45) is 0 Å². The van der Waals surface area contributed by atoms with Crippen LogP contribution in [0.3, 0.4) is 0 Å². The first-order valence-corrected chi connectivity index (χ1v) is 8.40. The van der Waals surface area contributed by atoms with Crippen LogP contribution in [0.25, 0.3) is 0 Å². The van der Waals surface area contributed by atoms with Gasteiger partial charge in [-0.1, -0.05) is 6.07 Å². The Balaban J connectivity index is 2.33. The average molecular weight is 310 g/mol. The maximum Gasteiger partial charge on any atom is 0.360 e. The molecule has 1 unspecified atom stereocenters. The predicted octanol–water partition coefficient (Wildman–Crippen LogP) is 4.05. The minimum Gasteiger partial charge on any atom is -0.466 e. The quantitative estimate of drug-likeness (QED) is 0.741. The smallest absolute Gasteiger partial charge is 0.360 e. The van der Waals surface area contributed by atoms with Crippen molar-refractivity contribution in [3.8, 4) is 0 Å². The molecule has 0 amide bonds. The van der Waals surface area contributed by atoms with E-state index < -0.39 is 13.4 Å². The van der Waals surface area contributed by atoms with Gasteiger partial charge in [-0.3, -0.25) is 4.57 Å². The highest BCUT2D eigenvalue weighted by Gasteiger charge is 2.39. The largest absolute Gasteiger partial charge is 0.466 e. The number of rotatable bonds is 8. The van der Waals surface area contributed by atoms with Gasteiger partial charge >= 0.3 is 7.60 Å². The van der Waals surface area contributed by atoms with Crippen molar-refractivity contribution in [1.29, 1.82) is 0 Å². The first-order valence-electron chi connectivity index (χ1n) is 6.79. The van der Waals surface area contributed by atoms with Crippen molar-refractivity contribution in [1.82, 2.24) is 4.98 Å². The predicted molar refractivity (Wildman–Crippen MR) is 80.2 cm³/mol. The molecule has 0 aliphatic rings. The second-order valence-corrected chi connectivity index (χ2v) is 6.27. The number of pyridine rings is 1. The fourth-order valence-corrected chi connectivity index (χ4v) is 3.73. The third-order valence-electron chi connectivity index (χ3n) is 2.70. The Morgan fingerprint density at radius 2 is 2.00 bits per heavy atom. The molecule has 0 spiro atoms. The minimum absolute atomic E-state index is 0.276. The molecular weight excluding hydrogens is 291 g/mol. The molecule has 1 atom stereocenters.